The van der Waals surface area contributed by atoms with Gasteiger partial charge in [0, 0.05) is 27.4 Å². The number of nitrogens with zero attached hydrogens (tertiary/aromatic N) is 2. The summed E-state index contributed by atoms with van der Waals surface area (Å²) in [6.45, 7) is 2.36. The van der Waals surface area contributed by atoms with Crippen LogP contribution in [0.3, 0.4) is 0 Å². The highest BCUT2D eigenvalue weighted by Gasteiger charge is 2.18. The number of thiophene rings is 2. The van der Waals surface area contributed by atoms with Gasteiger partial charge in [-0.2, -0.15) is 0 Å². The minimum absolute atomic E-state index is 0.0865. The summed E-state index contributed by atoms with van der Waals surface area (Å²) in [5.41, 5.74) is 1.32. The summed E-state index contributed by atoms with van der Waals surface area (Å²) in [6.07, 6.45) is 0. The number of carbonyl (C=O) groups is 1. The quantitative estimate of drug-likeness (QED) is 0.269. The first-order chi connectivity index (χ1) is 15.0. The molecule has 0 aliphatic rings. The fraction of sp³-hybridized carbons (Fsp3) is 0.190. The molecule has 1 amide bonds. The number of hydrogen-bond acceptors (Lipinski definition) is 7. The van der Waals surface area contributed by atoms with Crippen molar-refractivity contribution in [2.75, 3.05) is 18.2 Å². The van der Waals surface area contributed by atoms with Crippen molar-refractivity contribution in [3.63, 3.8) is 0 Å². The smallest absolute Gasteiger partial charge is 0.263 e. The van der Waals surface area contributed by atoms with E-state index in [9.17, 15) is 9.59 Å². The number of halogens is 1. The van der Waals surface area contributed by atoms with E-state index in [0.717, 1.165) is 10.4 Å². The second-order valence-electron chi connectivity index (χ2n) is 6.43. The van der Waals surface area contributed by atoms with Gasteiger partial charge in [-0.15, -0.1) is 22.7 Å². The Morgan fingerprint density at radius 2 is 2.16 bits per heavy atom. The van der Waals surface area contributed by atoms with Gasteiger partial charge in [-0.25, -0.2) is 4.98 Å². The molecule has 3 heterocycles. The van der Waals surface area contributed by atoms with Crippen LogP contribution in [0.4, 0.5) is 5.69 Å². The number of fused-ring (bicyclic) bond motifs is 1. The molecule has 0 atom stereocenters. The Balaban J connectivity index is 1.58. The van der Waals surface area contributed by atoms with Gasteiger partial charge in [0.25, 0.3) is 5.56 Å². The van der Waals surface area contributed by atoms with E-state index in [0.29, 0.717) is 38.4 Å². The molecule has 3 aromatic heterocycles. The number of methoxy groups -OCH3 is 1. The molecule has 0 fully saturated rings. The minimum Gasteiger partial charge on any atom is -0.495 e. The lowest BCUT2D eigenvalue weighted by Gasteiger charge is -2.12. The Hall–Kier alpha value is -2.33. The van der Waals surface area contributed by atoms with Crippen LogP contribution >= 0.6 is 46.0 Å². The number of benzene rings is 1. The first kappa shape index (κ1) is 21.9. The van der Waals surface area contributed by atoms with Crippen molar-refractivity contribution in [1.82, 2.24) is 9.55 Å². The summed E-state index contributed by atoms with van der Waals surface area (Å²) in [5.74, 6) is 0.372. The zero-order valence-corrected chi connectivity index (χ0v) is 19.9. The Bertz CT molecular complexity index is 1300. The molecule has 160 valence electrons. The zero-order chi connectivity index (χ0) is 22.0. The molecule has 0 spiro atoms. The van der Waals surface area contributed by atoms with Crippen molar-refractivity contribution >= 4 is 67.8 Å². The van der Waals surface area contributed by atoms with Gasteiger partial charge in [0.05, 0.1) is 23.9 Å². The SMILES string of the molecule is CCn1c(SCC(=O)Nc2cc(Cl)ccc2OC)nc2scc(-c3cccs3)c2c1=O. The summed E-state index contributed by atoms with van der Waals surface area (Å²) in [4.78, 5) is 32.1. The summed E-state index contributed by atoms with van der Waals surface area (Å²) in [6, 6.07) is 8.98. The van der Waals surface area contributed by atoms with Crippen LogP contribution in [0.5, 0.6) is 5.75 Å². The topological polar surface area (TPSA) is 73.2 Å². The molecule has 31 heavy (non-hydrogen) atoms. The van der Waals surface area contributed by atoms with Crippen molar-refractivity contribution in [2.24, 2.45) is 0 Å². The van der Waals surface area contributed by atoms with Gasteiger partial charge >= 0.3 is 0 Å². The average Bonchev–Trinajstić information content (AvgIpc) is 3.42. The number of nitrogens with one attached hydrogen (secondary N) is 1. The van der Waals surface area contributed by atoms with Crippen LogP contribution in [-0.4, -0.2) is 28.3 Å². The van der Waals surface area contributed by atoms with Gasteiger partial charge in [0.1, 0.15) is 10.6 Å². The molecule has 6 nitrogen and oxygen atoms in total. The van der Waals surface area contributed by atoms with Crippen molar-refractivity contribution in [3.8, 4) is 16.2 Å². The van der Waals surface area contributed by atoms with E-state index in [-0.39, 0.29) is 17.2 Å². The van der Waals surface area contributed by atoms with E-state index in [1.165, 1.54) is 30.2 Å². The Kier molecular flexibility index (Phi) is 6.66. The van der Waals surface area contributed by atoms with Crippen LogP contribution in [0, 0.1) is 0 Å². The molecule has 0 aliphatic carbocycles. The van der Waals surface area contributed by atoms with Crippen LogP contribution in [0.25, 0.3) is 20.7 Å². The summed E-state index contributed by atoms with van der Waals surface area (Å²) in [7, 11) is 1.53. The van der Waals surface area contributed by atoms with Crippen LogP contribution in [0.2, 0.25) is 5.02 Å². The molecule has 1 N–H and O–H groups in total. The van der Waals surface area contributed by atoms with Gasteiger partial charge in [-0.3, -0.25) is 14.2 Å². The molecular weight excluding hydrogens is 474 g/mol. The number of aromatic nitrogens is 2. The third-order valence-corrected chi connectivity index (χ3v) is 7.52. The number of carbonyl (C=O) groups excluding carboxylic acids is 1. The second kappa shape index (κ2) is 9.44. The van der Waals surface area contributed by atoms with Gasteiger partial charge in [-0.1, -0.05) is 29.4 Å². The molecule has 10 heteroatoms. The highest BCUT2D eigenvalue weighted by atomic mass is 35.5. The Morgan fingerprint density at radius 1 is 1.32 bits per heavy atom. The van der Waals surface area contributed by atoms with E-state index in [1.807, 2.05) is 29.8 Å². The van der Waals surface area contributed by atoms with Gasteiger partial charge in [0.2, 0.25) is 5.91 Å². The standard InChI is InChI=1S/C21H18ClN3O3S3/c1-3-25-20(27)18-13(16-5-4-8-29-16)10-30-19(18)24-21(25)31-11-17(26)23-14-9-12(22)6-7-15(14)28-2/h4-10H,3,11H2,1-2H3,(H,23,26). The average molecular weight is 492 g/mol. The first-order valence-electron chi connectivity index (χ1n) is 9.34. The van der Waals surface area contributed by atoms with Crippen LogP contribution < -0.4 is 15.6 Å². The lowest BCUT2D eigenvalue weighted by molar-refractivity contribution is -0.113. The third kappa shape index (κ3) is 4.50. The Morgan fingerprint density at radius 3 is 2.87 bits per heavy atom. The molecule has 4 rings (SSSR count). The summed E-state index contributed by atoms with van der Waals surface area (Å²) < 4.78 is 6.88. The number of anilines is 1. The predicted octanol–water partition coefficient (Wildman–Crippen LogP) is 5.60. The number of rotatable bonds is 7. The van der Waals surface area contributed by atoms with Gasteiger partial charge in [0.15, 0.2) is 5.16 Å². The summed E-state index contributed by atoms with van der Waals surface area (Å²) >= 11 is 10.3. The third-order valence-electron chi connectivity index (χ3n) is 4.53. The molecule has 0 unspecified atom stereocenters. The van der Waals surface area contributed by atoms with E-state index < -0.39 is 0 Å². The highest BCUT2D eigenvalue weighted by Crippen LogP contribution is 2.34. The largest absolute Gasteiger partial charge is 0.495 e. The molecule has 1 aromatic carbocycles. The van der Waals surface area contributed by atoms with Crippen molar-refractivity contribution in [3.05, 3.63) is 56.5 Å². The molecule has 4 aromatic rings. The van der Waals surface area contributed by atoms with Crippen molar-refractivity contribution in [2.45, 2.75) is 18.6 Å². The molecule has 0 radical (unpaired) electrons. The number of amides is 1. The molecule has 0 saturated heterocycles. The molecule has 0 bridgehead atoms. The number of ether oxygens (including phenoxy) is 1. The maximum Gasteiger partial charge on any atom is 0.263 e. The maximum absolute atomic E-state index is 13.2. The lowest BCUT2D eigenvalue weighted by Crippen LogP contribution is -2.23. The molecule has 0 saturated carbocycles. The molecule has 0 aliphatic heterocycles. The van der Waals surface area contributed by atoms with Crippen LogP contribution in [-0.2, 0) is 11.3 Å². The molecular formula is C21H18ClN3O3S3. The van der Waals surface area contributed by atoms with Crippen LogP contribution in [0.15, 0.2) is 51.0 Å². The van der Waals surface area contributed by atoms with Gasteiger partial charge < -0.3 is 10.1 Å². The lowest BCUT2D eigenvalue weighted by atomic mass is 10.2. The van der Waals surface area contributed by atoms with Gasteiger partial charge in [-0.05, 0) is 36.6 Å². The fourth-order valence-corrected chi connectivity index (χ4v) is 5.94. The second-order valence-corrected chi connectivity index (χ2v) is 9.62. The van der Waals surface area contributed by atoms with E-state index in [4.69, 9.17) is 16.3 Å². The normalized spacial score (nSPS) is 11.1. The summed E-state index contributed by atoms with van der Waals surface area (Å²) in [5, 5.41) is 8.41. The maximum atomic E-state index is 13.2. The van der Waals surface area contributed by atoms with Crippen molar-refractivity contribution in [1.29, 1.82) is 0 Å². The number of thioether (sulfide) groups is 1. The minimum atomic E-state index is -0.243. The van der Waals surface area contributed by atoms with E-state index in [2.05, 4.69) is 10.3 Å². The monoisotopic (exact) mass is 491 g/mol. The Labute approximate surface area is 195 Å². The van der Waals surface area contributed by atoms with Crippen molar-refractivity contribution < 1.29 is 9.53 Å². The van der Waals surface area contributed by atoms with Crippen LogP contribution in [0.1, 0.15) is 6.92 Å². The highest BCUT2D eigenvalue weighted by molar-refractivity contribution is 7.99. The van der Waals surface area contributed by atoms with E-state index >= 15 is 0 Å². The van der Waals surface area contributed by atoms with E-state index in [1.54, 1.807) is 34.1 Å². The zero-order valence-electron chi connectivity index (χ0n) is 16.7. The predicted molar refractivity (Wildman–Crippen MR) is 130 cm³/mol. The number of hydrogen-bond donors (Lipinski definition) is 1. The fourth-order valence-electron chi connectivity index (χ4n) is 3.10. The first-order valence-corrected chi connectivity index (χ1v) is 12.5.